The van der Waals surface area contributed by atoms with Crippen molar-refractivity contribution in [3.63, 3.8) is 0 Å². The third kappa shape index (κ3) is 1.77. The highest BCUT2D eigenvalue weighted by molar-refractivity contribution is 5.70. The van der Waals surface area contributed by atoms with Crippen molar-refractivity contribution in [2.75, 3.05) is 0 Å². The number of nitrogens with zero attached hydrogens (tertiary/aromatic N) is 3. The van der Waals surface area contributed by atoms with Crippen molar-refractivity contribution in [1.29, 1.82) is 0 Å². The molecule has 1 fully saturated rings. The third-order valence-electron chi connectivity index (χ3n) is 3.66. The van der Waals surface area contributed by atoms with E-state index in [1.165, 1.54) is 12.8 Å². The van der Waals surface area contributed by atoms with E-state index in [-0.39, 0.29) is 6.42 Å². The molecule has 0 amide bonds. The molecule has 0 aromatic carbocycles. The fraction of sp³-hybridized carbons (Fsp3) is 0.583. The van der Waals surface area contributed by atoms with E-state index in [1.807, 2.05) is 6.92 Å². The Kier molecular flexibility index (Phi) is 2.57. The first-order valence-electron chi connectivity index (χ1n) is 6.31. The van der Waals surface area contributed by atoms with Gasteiger partial charge in [0.15, 0.2) is 0 Å². The van der Waals surface area contributed by atoms with Gasteiger partial charge in [-0.05, 0) is 19.8 Å². The lowest BCUT2D eigenvalue weighted by Crippen LogP contribution is -2.06. The quantitative estimate of drug-likeness (QED) is 0.865. The number of carboxylic acids is 1. The minimum Gasteiger partial charge on any atom is -0.481 e. The maximum Gasteiger partial charge on any atom is 0.309 e. The molecule has 0 bridgehead atoms. The zero-order valence-electron chi connectivity index (χ0n) is 10.3. The molecule has 0 spiro atoms. The number of imidazole rings is 1. The number of fused-ring (bicyclic) bond motifs is 1. The highest BCUT2D eigenvalue weighted by atomic mass is 16.4. The number of aromatic nitrogens is 4. The number of hydrogen-bond donors (Lipinski definition) is 2. The number of rotatable bonds is 3. The number of H-pyrrole nitrogens is 1. The molecule has 0 radical (unpaired) electrons. The molecule has 18 heavy (non-hydrogen) atoms. The fourth-order valence-corrected chi connectivity index (χ4v) is 2.72. The Hall–Kier alpha value is -1.85. The summed E-state index contributed by atoms with van der Waals surface area (Å²) >= 11 is 0. The smallest absolute Gasteiger partial charge is 0.309 e. The second-order valence-electron chi connectivity index (χ2n) is 4.94. The second-order valence-corrected chi connectivity index (χ2v) is 4.94. The van der Waals surface area contributed by atoms with Crippen LogP contribution in [-0.2, 0) is 11.2 Å². The van der Waals surface area contributed by atoms with Crippen LogP contribution < -0.4 is 0 Å². The van der Waals surface area contributed by atoms with Crippen molar-refractivity contribution < 1.29 is 9.90 Å². The Labute approximate surface area is 104 Å². The topological polar surface area (TPSA) is 83.3 Å². The summed E-state index contributed by atoms with van der Waals surface area (Å²) in [6.07, 6.45) is 4.77. The molecule has 1 aliphatic carbocycles. The standard InChI is InChI=1S/C12H16N4O2/c1-7-9(6-10(17)18)16-12(13-7)14-11(15-16)8-4-2-3-5-8/h8H,2-6H2,1H3,(H,17,18)(H,13,14,15). The maximum absolute atomic E-state index is 10.9. The van der Waals surface area contributed by atoms with Crippen molar-refractivity contribution >= 4 is 11.7 Å². The molecule has 6 heteroatoms. The molecule has 3 rings (SSSR count). The molecule has 1 aliphatic rings. The van der Waals surface area contributed by atoms with E-state index in [4.69, 9.17) is 5.11 Å². The molecule has 2 aromatic rings. The van der Waals surface area contributed by atoms with E-state index in [2.05, 4.69) is 15.1 Å². The average molecular weight is 248 g/mol. The minimum absolute atomic E-state index is 0.0285. The molecule has 2 heterocycles. The first kappa shape index (κ1) is 11.3. The molecule has 6 nitrogen and oxygen atoms in total. The van der Waals surface area contributed by atoms with Crippen LogP contribution in [0.15, 0.2) is 0 Å². The Balaban J connectivity index is 2.01. The van der Waals surface area contributed by atoms with E-state index in [0.717, 1.165) is 24.4 Å². The molecular weight excluding hydrogens is 232 g/mol. The first-order valence-corrected chi connectivity index (χ1v) is 6.31. The van der Waals surface area contributed by atoms with Gasteiger partial charge in [0.1, 0.15) is 5.82 Å². The molecular formula is C12H16N4O2. The van der Waals surface area contributed by atoms with Gasteiger partial charge in [-0.3, -0.25) is 9.89 Å². The number of aryl methyl sites for hydroxylation is 1. The Bertz CT molecular complexity index is 593. The van der Waals surface area contributed by atoms with Crippen LogP contribution in [0.4, 0.5) is 0 Å². The third-order valence-corrected chi connectivity index (χ3v) is 3.66. The summed E-state index contributed by atoms with van der Waals surface area (Å²) in [6, 6.07) is 0. The SMILES string of the molecule is Cc1nc2nc(C3CCCC3)[nH]n2c1CC(=O)O. The second kappa shape index (κ2) is 4.12. The van der Waals surface area contributed by atoms with Gasteiger partial charge in [0.25, 0.3) is 5.78 Å². The molecule has 0 saturated heterocycles. The molecule has 2 N–H and O–H groups in total. The number of aliphatic carboxylic acids is 1. The van der Waals surface area contributed by atoms with E-state index >= 15 is 0 Å². The van der Waals surface area contributed by atoms with Crippen LogP contribution in [0.5, 0.6) is 0 Å². The van der Waals surface area contributed by atoms with E-state index in [9.17, 15) is 4.79 Å². The van der Waals surface area contributed by atoms with E-state index in [1.54, 1.807) is 4.52 Å². The largest absolute Gasteiger partial charge is 0.481 e. The zero-order valence-corrected chi connectivity index (χ0v) is 10.3. The van der Waals surface area contributed by atoms with Gasteiger partial charge in [0.05, 0.1) is 17.8 Å². The Morgan fingerprint density at radius 2 is 2.17 bits per heavy atom. The van der Waals surface area contributed by atoms with E-state index in [0.29, 0.717) is 17.4 Å². The van der Waals surface area contributed by atoms with Gasteiger partial charge in [-0.1, -0.05) is 12.8 Å². The highest BCUT2D eigenvalue weighted by Crippen LogP contribution is 2.32. The lowest BCUT2D eigenvalue weighted by atomic mass is 10.1. The Morgan fingerprint density at radius 1 is 1.44 bits per heavy atom. The van der Waals surface area contributed by atoms with Crippen LogP contribution >= 0.6 is 0 Å². The summed E-state index contributed by atoms with van der Waals surface area (Å²) in [5.41, 5.74) is 1.42. The summed E-state index contributed by atoms with van der Waals surface area (Å²) in [4.78, 5) is 19.7. The monoisotopic (exact) mass is 248 g/mol. The maximum atomic E-state index is 10.9. The molecule has 0 unspecified atom stereocenters. The lowest BCUT2D eigenvalue weighted by Gasteiger charge is -2.03. The summed E-state index contributed by atoms with van der Waals surface area (Å²) in [5.74, 6) is 1.16. The average Bonchev–Trinajstić information content (AvgIpc) is 2.96. The number of aromatic amines is 1. The van der Waals surface area contributed by atoms with Gasteiger partial charge in [-0.15, -0.1) is 0 Å². The molecule has 2 aromatic heterocycles. The van der Waals surface area contributed by atoms with Crippen LogP contribution in [0.3, 0.4) is 0 Å². The first-order chi connectivity index (χ1) is 8.65. The van der Waals surface area contributed by atoms with Crippen LogP contribution in [0.25, 0.3) is 5.78 Å². The predicted molar refractivity (Wildman–Crippen MR) is 64.6 cm³/mol. The van der Waals surface area contributed by atoms with Crippen molar-refractivity contribution in [2.45, 2.75) is 44.9 Å². The van der Waals surface area contributed by atoms with Gasteiger partial charge >= 0.3 is 5.97 Å². The van der Waals surface area contributed by atoms with Crippen LogP contribution in [0.1, 0.15) is 48.8 Å². The van der Waals surface area contributed by atoms with Gasteiger partial charge in [-0.25, -0.2) is 9.50 Å². The van der Waals surface area contributed by atoms with Crippen LogP contribution in [-0.4, -0.2) is 30.7 Å². The predicted octanol–water partition coefficient (Wildman–Crippen LogP) is 1.65. The van der Waals surface area contributed by atoms with Crippen molar-refractivity contribution in [3.05, 3.63) is 17.2 Å². The summed E-state index contributed by atoms with van der Waals surface area (Å²) < 4.78 is 1.72. The minimum atomic E-state index is -0.850. The normalized spacial score (nSPS) is 16.7. The summed E-state index contributed by atoms with van der Waals surface area (Å²) in [6.45, 7) is 1.82. The highest BCUT2D eigenvalue weighted by Gasteiger charge is 2.22. The van der Waals surface area contributed by atoms with Gasteiger partial charge < -0.3 is 5.11 Å². The van der Waals surface area contributed by atoms with Crippen molar-refractivity contribution in [2.24, 2.45) is 0 Å². The number of carbonyl (C=O) groups is 1. The molecule has 96 valence electrons. The fourth-order valence-electron chi connectivity index (χ4n) is 2.72. The van der Waals surface area contributed by atoms with E-state index < -0.39 is 5.97 Å². The summed E-state index contributed by atoms with van der Waals surface area (Å²) in [5, 5.41) is 12.1. The zero-order chi connectivity index (χ0) is 12.7. The lowest BCUT2D eigenvalue weighted by molar-refractivity contribution is -0.136. The van der Waals surface area contributed by atoms with Crippen LogP contribution in [0.2, 0.25) is 0 Å². The molecule has 1 saturated carbocycles. The van der Waals surface area contributed by atoms with Crippen molar-refractivity contribution in [3.8, 4) is 0 Å². The summed E-state index contributed by atoms with van der Waals surface area (Å²) in [7, 11) is 0. The van der Waals surface area contributed by atoms with Gasteiger partial charge in [-0.2, -0.15) is 4.98 Å². The molecule has 0 atom stereocenters. The van der Waals surface area contributed by atoms with Gasteiger partial charge in [0, 0.05) is 5.92 Å². The van der Waals surface area contributed by atoms with Crippen LogP contribution in [0, 0.1) is 6.92 Å². The van der Waals surface area contributed by atoms with Gasteiger partial charge in [0.2, 0.25) is 0 Å². The van der Waals surface area contributed by atoms with Crippen molar-refractivity contribution in [1.82, 2.24) is 19.6 Å². The Morgan fingerprint density at radius 3 is 2.83 bits per heavy atom. The number of nitrogens with one attached hydrogen (secondary N) is 1. The molecule has 0 aliphatic heterocycles. The number of hydrogen-bond acceptors (Lipinski definition) is 3. The number of carboxylic acid groups (broad SMARTS) is 1.